The Morgan fingerprint density at radius 3 is 2.29 bits per heavy atom. The molecule has 1 aromatic heterocycles. The van der Waals surface area contributed by atoms with E-state index in [9.17, 15) is 0 Å². The third-order valence-electron chi connectivity index (χ3n) is 1.83. The van der Waals surface area contributed by atoms with Crippen LogP contribution < -0.4 is 16.5 Å². The molecule has 0 radical (unpaired) electrons. The average Bonchev–Trinajstić information content (AvgIpc) is 2.48. The summed E-state index contributed by atoms with van der Waals surface area (Å²) >= 11 is 0. The van der Waals surface area contributed by atoms with Crippen molar-refractivity contribution in [2.24, 2.45) is 0 Å². The van der Waals surface area contributed by atoms with E-state index in [1.807, 2.05) is 0 Å². The first-order valence-electron chi connectivity index (χ1n) is 4.25. The topological polar surface area (TPSA) is 114 Å². The fourth-order valence-corrected chi connectivity index (χ4v) is 1.15. The molecule has 7 heteroatoms. The molecular formula is C7H15N5O2. The van der Waals surface area contributed by atoms with E-state index < -0.39 is 0 Å². The van der Waals surface area contributed by atoms with Crippen LogP contribution in [0.25, 0.3) is 0 Å². The summed E-state index contributed by atoms with van der Waals surface area (Å²) in [7, 11) is 0. The molecule has 0 unspecified atom stereocenters. The van der Waals surface area contributed by atoms with Crippen molar-refractivity contribution in [3.8, 4) is 0 Å². The zero-order valence-corrected chi connectivity index (χ0v) is 7.80. The number of nitrogen functional groups attached to an aromatic ring is 2. The van der Waals surface area contributed by atoms with Gasteiger partial charge in [-0.2, -0.15) is 0 Å². The predicted octanol–water partition coefficient (Wildman–Crippen LogP) is -2.03. The van der Waals surface area contributed by atoms with Crippen LogP contribution in [0.15, 0.2) is 6.20 Å². The Balaban J connectivity index is 2.81. The lowest BCUT2D eigenvalue weighted by molar-refractivity contribution is 0.280. The number of hydrogen-bond donors (Lipinski definition) is 4. The predicted molar refractivity (Wildman–Crippen MR) is 53.2 cm³/mol. The number of aliphatic hydroxyl groups excluding tert-OH is 2. The first-order valence-corrected chi connectivity index (χ1v) is 4.25. The molecule has 0 aliphatic rings. The van der Waals surface area contributed by atoms with Crippen molar-refractivity contribution in [2.75, 3.05) is 42.8 Å². The number of aromatic nitrogens is 2. The van der Waals surface area contributed by atoms with Crippen LogP contribution in [0.4, 0.5) is 11.8 Å². The van der Waals surface area contributed by atoms with Crippen LogP contribution >= 0.6 is 0 Å². The lowest BCUT2D eigenvalue weighted by Crippen LogP contribution is -2.33. The Bertz CT molecular complexity index is 282. The third-order valence-corrected chi connectivity index (χ3v) is 1.83. The summed E-state index contributed by atoms with van der Waals surface area (Å²) in [5, 5.41) is 17.6. The Morgan fingerprint density at radius 2 is 1.93 bits per heavy atom. The van der Waals surface area contributed by atoms with Gasteiger partial charge in [-0.1, -0.05) is 0 Å². The maximum atomic E-state index is 8.79. The number of anilines is 2. The minimum absolute atomic E-state index is 0.0350. The molecule has 6 N–H and O–H groups in total. The molecule has 1 rings (SSSR count). The van der Waals surface area contributed by atoms with Crippen molar-refractivity contribution >= 4 is 11.8 Å². The Morgan fingerprint density at radius 1 is 1.36 bits per heavy atom. The first kappa shape index (κ1) is 10.6. The summed E-state index contributed by atoms with van der Waals surface area (Å²) in [5.74, 6) is 6.36. The van der Waals surface area contributed by atoms with Gasteiger partial charge in [0.05, 0.1) is 19.4 Å². The molecule has 80 valence electrons. The fraction of sp³-hybridized carbons (Fsp3) is 0.571. The van der Waals surface area contributed by atoms with Crippen LogP contribution in [0.3, 0.4) is 0 Å². The quantitative estimate of drug-likeness (QED) is 0.408. The number of hydrogen-bond acceptors (Lipinski definition) is 6. The molecule has 0 atom stereocenters. The number of aliphatic hydroxyl groups is 2. The lowest BCUT2D eigenvalue weighted by Gasteiger charge is -2.21. The van der Waals surface area contributed by atoms with Crippen LogP contribution in [0.1, 0.15) is 0 Å². The van der Waals surface area contributed by atoms with Crippen molar-refractivity contribution in [2.45, 2.75) is 0 Å². The van der Waals surface area contributed by atoms with E-state index in [0.29, 0.717) is 24.9 Å². The summed E-state index contributed by atoms with van der Waals surface area (Å²) in [5.41, 5.74) is 5.49. The summed E-state index contributed by atoms with van der Waals surface area (Å²) in [6.07, 6.45) is 1.43. The Labute approximate surface area is 81.5 Å². The van der Waals surface area contributed by atoms with Crippen LogP contribution in [0.2, 0.25) is 0 Å². The molecule has 0 saturated carbocycles. The van der Waals surface area contributed by atoms with Gasteiger partial charge in [0.2, 0.25) is 5.95 Å². The standard InChI is InChI=1S/C7H15N5O2/c8-6-5-10-7(12(6)9)11(1-3-13)2-4-14/h5,13-14H,1-4,8-9H2. The minimum atomic E-state index is -0.0350. The van der Waals surface area contributed by atoms with Gasteiger partial charge in [-0.3, -0.25) is 0 Å². The average molecular weight is 201 g/mol. The minimum Gasteiger partial charge on any atom is -0.395 e. The highest BCUT2D eigenvalue weighted by atomic mass is 16.3. The smallest absolute Gasteiger partial charge is 0.226 e. The van der Waals surface area contributed by atoms with E-state index in [1.165, 1.54) is 10.9 Å². The van der Waals surface area contributed by atoms with Crippen molar-refractivity contribution in [1.29, 1.82) is 0 Å². The number of rotatable bonds is 5. The van der Waals surface area contributed by atoms with E-state index in [0.717, 1.165) is 0 Å². The van der Waals surface area contributed by atoms with Crippen molar-refractivity contribution in [3.63, 3.8) is 0 Å². The summed E-state index contributed by atoms with van der Waals surface area (Å²) < 4.78 is 1.21. The molecule has 0 aliphatic carbocycles. The van der Waals surface area contributed by atoms with E-state index in [1.54, 1.807) is 4.90 Å². The number of nitrogens with zero attached hydrogens (tertiary/aromatic N) is 3. The lowest BCUT2D eigenvalue weighted by atomic mass is 10.5. The van der Waals surface area contributed by atoms with E-state index >= 15 is 0 Å². The van der Waals surface area contributed by atoms with Crippen molar-refractivity contribution < 1.29 is 10.2 Å². The Hall–Kier alpha value is -1.47. The third kappa shape index (κ3) is 2.06. The number of imidazole rings is 1. The normalized spacial score (nSPS) is 10.4. The second-order valence-electron chi connectivity index (χ2n) is 2.79. The maximum absolute atomic E-state index is 8.79. The highest BCUT2D eigenvalue weighted by Crippen LogP contribution is 2.12. The van der Waals surface area contributed by atoms with Gasteiger partial charge in [0.15, 0.2) is 0 Å². The van der Waals surface area contributed by atoms with Crippen LogP contribution in [-0.4, -0.2) is 46.2 Å². The van der Waals surface area contributed by atoms with Crippen LogP contribution in [0, 0.1) is 0 Å². The van der Waals surface area contributed by atoms with Gasteiger partial charge in [-0.25, -0.2) is 9.66 Å². The van der Waals surface area contributed by atoms with Crippen LogP contribution in [0.5, 0.6) is 0 Å². The second-order valence-corrected chi connectivity index (χ2v) is 2.79. The zero-order valence-electron chi connectivity index (χ0n) is 7.80. The number of nitrogens with two attached hydrogens (primary N) is 2. The van der Waals surface area contributed by atoms with E-state index in [4.69, 9.17) is 21.8 Å². The molecule has 1 aromatic rings. The maximum Gasteiger partial charge on any atom is 0.226 e. The summed E-state index contributed by atoms with van der Waals surface area (Å²) in [6, 6.07) is 0. The molecule has 0 amide bonds. The van der Waals surface area contributed by atoms with Crippen LogP contribution in [-0.2, 0) is 0 Å². The summed E-state index contributed by atoms with van der Waals surface area (Å²) in [4.78, 5) is 5.62. The summed E-state index contributed by atoms with van der Waals surface area (Å²) in [6.45, 7) is 0.641. The monoisotopic (exact) mass is 201 g/mol. The highest BCUT2D eigenvalue weighted by Gasteiger charge is 2.12. The molecule has 1 heterocycles. The molecular weight excluding hydrogens is 186 g/mol. The molecule has 0 aromatic carbocycles. The van der Waals surface area contributed by atoms with E-state index in [2.05, 4.69) is 4.98 Å². The molecule has 0 spiro atoms. The van der Waals surface area contributed by atoms with Gasteiger partial charge >= 0.3 is 0 Å². The molecule has 0 saturated heterocycles. The second kappa shape index (κ2) is 4.68. The van der Waals surface area contributed by atoms with Gasteiger partial charge in [-0.05, 0) is 0 Å². The van der Waals surface area contributed by atoms with Gasteiger partial charge < -0.3 is 26.7 Å². The van der Waals surface area contributed by atoms with E-state index in [-0.39, 0.29) is 13.2 Å². The van der Waals surface area contributed by atoms with Gasteiger partial charge in [0, 0.05) is 13.1 Å². The van der Waals surface area contributed by atoms with Gasteiger partial charge in [0.25, 0.3) is 0 Å². The molecule has 0 aliphatic heterocycles. The zero-order chi connectivity index (χ0) is 10.6. The molecule has 14 heavy (non-hydrogen) atoms. The fourth-order valence-electron chi connectivity index (χ4n) is 1.15. The largest absolute Gasteiger partial charge is 0.395 e. The van der Waals surface area contributed by atoms with Gasteiger partial charge in [-0.15, -0.1) is 0 Å². The van der Waals surface area contributed by atoms with Crippen molar-refractivity contribution in [3.05, 3.63) is 6.20 Å². The molecule has 0 fully saturated rings. The Kier molecular flexibility index (Phi) is 3.55. The first-order chi connectivity index (χ1) is 6.70. The SMILES string of the molecule is Nc1cnc(N(CCO)CCO)n1N. The molecule has 0 bridgehead atoms. The highest BCUT2D eigenvalue weighted by molar-refractivity contribution is 5.42. The van der Waals surface area contributed by atoms with Crippen molar-refractivity contribution in [1.82, 2.24) is 9.66 Å². The van der Waals surface area contributed by atoms with Gasteiger partial charge in [0.1, 0.15) is 5.82 Å². The molecule has 7 nitrogen and oxygen atoms in total.